The molecule has 2 amide bonds. The van der Waals surface area contributed by atoms with Crippen LogP contribution in [-0.2, 0) is 22.6 Å². The highest BCUT2D eigenvalue weighted by Gasteiger charge is 2.26. The predicted octanol–water partition coefficient (Wildman–Crippen LogP) is 1.33. The SMILES string of the molecule is NC(=O)C(=O)C(Cc1ccccc1)NC(=O)c1ccn(Cc2ccccc2)n1. The van der Waals surface area contributed by atoms with Gasteiger partial charge in [-0.05, 0) is 17.2 Å². The van der Waals surface area contributed by atoms with Gasteiger partial charge in [0.1, 0.15) is 11.7 Å². The molecule has 0 spiro atoms. The number of ketones is 1. The van der Waals surface area contributed by atoms with Crippen LogP contribution in [0.5, 0.6) is 0 Å². The van der Waals surface area contributed by atoms with Gasteiger partial charge < -0.3 is 11.1 Å². The first kappa shape index (κ1) is 19.0. The Labute approximate surface area is 162 Å². The average Bonchev–Trinajstić information content (AvgIpc) is 3.17. The molecule has 0 aliphatic rings. The van der Waals surface area contributed by atoms with Crippen LogP contribution in [0.2, 0.25) is 0 Å². The van der Waals surface area contributed by atoms with E-state index in [4.69, 9.17) is 5.73 Å². The monoisotopic (exact) mass is 376 g/mol. The first-order valence-electron chi connectivity index (χ1n) is 8.79. The molecule has 0 radical (unpaired) electrons. The zero-order chi connectivity index (χ0) is 19.9. The minimum atomic E-state index is -1.09. The van der Waals surface area contributed by atoms with Crippen molar-refractivity contribution in [2.75, 3.05) is 0 Å². The Balaban J connectivity index is 1.71. The molecular formula is C21H20N4O3. The van der Waals surface area contributed by atoms with Crippen molar-refractivity contribution in [3.63, 3.8) is 0 Å². The summed E-state index contributed by atoms with van der Waals surface area (Å²) in [7, 11) is 0. The summed E-state index contributed by atoms with van der Waals surface area (Å²) in [5.74, 6) is -2.47. The molecule has 3 aromatic rings. The fraction of sp³-hybridized carbons (Fsp3) is 0.143. The third-order valence-corrected chi connectivity index (χ3v) is 4.21. The van der Waals surface area contributed by atoms with Crippen molar-refractivity contribution in [3.05, 3.63) is 89.7 Å². The van der Waals surface area contributed by atoms with Gasteiger partial charge in [-0.25, -0.2) is 0 Å². The van der Waals surface area contributed by atoms with Gasteiger partial charge in [-0.3, -0.25) is 19.1 Å². The minimum Gasteiger partial charge on any atom is -0.363 e. The summed E-state index contributed by atoms with van der Waals surface area (Å²) in [6, 6.07) is 19.3. The van der Waals surface area contributed by atoms with Crippen LogP contribution >= 0.6 is 0 Å². The normalized spacial score (nSPS) is 11.6. The predicted molar refractivity (Wildman–Crippen MR) is 103 cm³/mol. The summed E-state index contributed by atoms with van der Waals surface area (Å²) in [5.41, 5.74) is 7.14. The summed E-state index contributed by atoms with van der Waals surface area (Å²) >= 11 is 0. The Hall–Kier alpha value is -3.74. The maximum absolute atomic E-state index is 12.5. The molecule has 0 aliphatic heterocycles. The Morgan fingerprint density at radius 3 is 2.14 bits per heavy atom. The van der Waals surface area contributed by atoms with E-state index < -0.39 is 23.6 Å². The van der Waals surface area contributed by atoms with Crippen LogP contribution in [0.15, 0.2) is 72.9 Å². The molecule has 2 aromatic carbocycles. The van der Waals surface area contributed by atoms with E-state index in [1.54, 1.807) is 16.9 Å². The van der Waals surface area contributed by atoms with Crippen LogP contribution in [0.4, 0.5) is 0 Å². The Morgan fingerprint density at radius 1 is 0.929 bits per heavy atom. The Morgan fingerprint density at radius 2 is 1.54 bits per heavy atom. The van der Waals surface area contributed by atoms with Crippen LogP contribution in [0, 0.1) is 0 Å². The number of nitrogens with one attached hydrogen (secondary N) is 1. The maximum Gasteiger partial charge on any atom is 0.287 e. The quantitative estimate of drug-likeness (QED) is 0.578. The molecule has 0 bridgehead atoms. The second kappa shape index (κ2) is 8.77. The zero-order valence-corrected chi connectivity index (χ0v) is 15.1. The summed E-state index contributed by atoms with van der Waals surface area (Å²) in [5, 5.41) is 6.82. The van der Waals surface area contributed by atoms with Gasteiger partial charge >= 0.3 is 0 Å². The van der Waals surface area contributed by atoms with Crippen molar-refractivity contribution in [2.45, 2.75) is 19.0 Å². The van der Waals surface area contributed by atoms with E-state index in [2.05, 4.69) is 10.4 Å². The highest BCUT2D eigenvalue weighted by Crippen LogP contribution is 2.07. The standard InChI is InChI=1S/C21H20N4O3/c22-20(27)19(26)18(13-15-7-3-1-4-8-15)23-21(28)17-11-12-25(24-17)14-16-9-5-2-6-10-16/h1-12,18H,13-14H2,(H2,22,27)(H,23,28). The summed E-state index contributed by atoms with van der Waals surface area (Å²) in [4.78, 5) is 36.1. The smallest absolute Gasteiger partial charge is 0.287 e. The lowest BCUT2D eigenvalue weighted by atomic mass is 10.0. The summed E-state index contributed by atoms with van der Waals surface area (Å²) in [6.07, 6.45) is 1.85. The number of carbonyl (C=O) groups is 3. The number of amides is 2. The number of Topliss-reactive ketones (excluding diaryl/α,β-unsaturated/α-hetero) is 1. The van der Waals surface area contributed by atoms with Gasteiger partial charge in [-0.15, -0.1) is 0 Å². The van der Waals surface area contributed by atoms with Crippen molar-refractivity contribution in [1.82, 2.24) is 15.1 Å². The van der Waals surface area contributed by atoms with Gasteiger partial charge in [0.2, 0.25) is 5.78 Å². The lowest BCUT2D eigenvalue weighted by Crippen LogP contribution is -2.47. The number of hydrogen-bond acceptors (Lipinski definition) is 4. The number of rotatable bonds is 8. The molecule has 1 heterocycles. The fourth-order valence-corrected chi connectivity index (χ4v) is 2.80. The molecule has 3 rings (SSSR count). The van der Waals surface area contributed by atoms with E-state index in [1.807, 2.05) is 60.7 Å². The first-order chi connectivity index (χ1) is 13.5. The van der Waals surface area contributed by atoms with Crippen molar-refractivity contribution in [2.24, 2.45) is 5.73 Å². The molecule has 28 heavy (non-hydrogen) atoms. The van der Waals surface area contributed by atoms with E-state index in [-0.39, 0.29) is 12.1 Å². The van der Waals surface area contributed by atoms with E-state index in [0.29, 0.717) is 6.54 Å². The van der Waals surface area contributed by atoms with Crippen LogP contribution in [-0.4, -0.2) is 33.4 Å². The highest BCUT2D eigenvalue weighted by atomic mass is 16.2. The average molecular weight is 376 g/mol. The van der Waals surface area contributed by atoms with E-state index in [1.165, 1.54) is 0 Å². The van der Waals surface area contributed by atoms with Crippen LogP contribution < -0.4 is 11.1 Å². The Bertz CT molecular complexity index is 968. The molecule has 142 valence electrons. The number of hydrogen-bond donors (Lipinski definition) is 2. The van der Waals surface area contributed by atoms with Crippen LogP contribution in [0.1, 0.15) is 21.6 Å². The number of nitrogens with two attached hydrogens (primary N) is 1. The fourth-order valence-electron chi connectivity index (χ4n) is 2.80. The lowest BCUT2D eigenvalue weighted by Gasteiger charge is -2.15. The third-order valence-electron chi connectivity index (χ3n) is 4.21. The number of aromatic nitrogens is 2. The molecule has 1 unspecified atom stereocenters. The molecule has 0 aliphatic carbocycles. The van der Waals surface area contributed by atoms with E-state index >= 15 is 0 Å². The molecule has 3 N–H and O–H groups in total. The number of carbonyl (C=O) groups excluding carboxylic acids is 3. The molecule has 0 fully saturated rings. The van der Waals surface area contributed by atoms with E-state index in [0.717, 1.165) is 11.1 Å². The molecule has 1 atom stereocenters. The minimum absolute atomic E-state index is 0.159. The van der Waals surface area contributed by atoms with Gasteiger partial charge in [-0.2, -0.15) is 5.10 Å². The van der Waals surface area contributed by atoms with E-state index in [9.17, 15) is 14.4 Å². The Kier molecular flexibility index (Phi) is 5.96. The number of benzene rings is 2. The number of primary amides is 1. The maximum atomic E-state index is 12.5. The topological polar surface area (TPSA) is 107 Å². The number of nitrogens with zero attached hydrogens (tertiary/aromatic N) is 2. The zero-order valence-electron chi connectivity index (χ0n) is 15.1. The largest absolute Gasteiger partial charge is 0.363 e. The van der Waals surface area contributed by atoms with Gasteiger partial charge in [0.05, 0.1) is 6.54 Å². The second-order valence-corrected chi connectivity index (χ2v) is 6.33. The molecule has 0 saturated carbocycles. The van der Waals surface area contributed by atoms with Crippen molar-refractivity contribution in [3.8, 4) is 0 Å². The van der Waals surface area contributed by atoms with Crippen LogP contribution in [0.3, 0.4) is 0 Å². The van der Waals surface area contributed by atoms with Gasteiger partial charge in [0.25, 0.3) is 11.8 Å². The molecule has 1 aromatic heterocycles. The van der Waals surface area contributed by atoms with Crippen molar-refractivity contribution >= 4 is 17.6 Å². The molecule has 7 nitrogen and oxygen atoms in total. The van der Waals surface area contributed by atoms with Crippen molar-refractivity contribution < 1.29 is 14.4 Å². The third kappa shape index (κ3) is 4.91. The highest BCUT2D eigenvalue weighted by molar-refractivity contribution is 6.38. The molecule has 7 heteroatoms. The second-order valence-electron chi connectivity index (χ2n) is 6.33. The summed E-state index contributed by atoms with van der Waals surface area (Å²) in [6.45, 7) is 0.516. The molecular weight excluding hydrogens is 356 g/mol. The van der Waals surface area contributed by atoms with Gasteiger partial charge in [0.15, 0.2) is 0 Å². The van der Waals surface area contributed by atoms with Crippen LogP contribution in [0.25, 0.3) is 0 Å². The van der Waals surface area contributed by atoms with Gasteiger partial charge in [-0.1, -0.05) is 60.7 Å². The summed E-state index contributed by atoms with van der Waals surface area (Å²) < 4.78 is 1.63. The van der Waals surface area contributed by atoms with Gasteiger partial charge in [0, 0.05) is 12.6 Å². The lowest BCUT2D eigenvalue weighted by molar-refractivity contribution is -0.137. The molecule has 0 saturated heterocycles. The van der Waals surface area contributed by atoms with Crippen molar-refractivity contribution in [1.29, 1.82) is 0 Å². The first-order valence-corrected chi connectivity index (χ1v) is 8.79.